The highest BCUT2D eigenvalue weighted by atomic mass is 32.1. The molecule has 3 fully saturated rings. The maximum atomic E-state index is 13.8. The molecule has 1 N–H and O–H groups in total. The number of ether oxygens (including phenoxy) is 2. The van der Waals surface area contributed by atoms with E-state index in [1.54, 1.807) is 26.1 Å². The topological polar surface area (TPSA) is 117 Å². The van der Waals surface area contributed by atoms with Crippen molar-refractivity contribution < 1.29 is 33.8 Å². The third-order valence-electron chi connectivity index (χ3n) is 7.85. The van der Waals surface area contributed by atoms with Crippen molar-refractivity contribution in [2.24, 2.45) is 11.8 Å². The molecule has 2 saturated heterocycles. The summed E-state index contributed by atoms with van der Waals surface area (Å²) in [5, 5.41) is 11.5. The minimum atomic E-state index is -1.05. The monoisotopic (exact) mass is 563 g/mol. The Morgan fingerprint density at radius 2 is 1.59 bits per heavy atom. The summed E-state index contributed by atoms with van der Waals surface area (Å²) in [6, 6.07) is 1.39. The number of carbonyl (C=O) groups is 4. The molecule has 1 atom stereocenters. The van der Waals surface area contributed by atoms with Crippen molar-refractivity contribution in [3.63, 3.8) is 0 Å². The third kappa shape index (κ3) is 7.23. The number of hydrogen-bond donors (Lipinski definition) is 1. The second-order valence-corrected chi connectivity index (χ2v) is 13.0. The van der Waals surface area contributed by atoms with Crippen LogP contribution in [0.3, 0.4) is 0 Å². The maximum Gasteiger partial charge on any atom is 0.410 e. The van der Waals surface area contributed by atoms with E-state index >= 15 is 0 Å². The minimum Gasteiger partial charge on any atom is -0.477 e. The van der Waals surface area contributed by atoms with E-state index in [0.29, 0.717) is 57.0 Å². The lowest BCUT2D eigenvalue weighted by atomic mass is 9.82. The van der Waals surface area contributed by atoms with E-state index in [9.17, 15) is 24.3 Å². The Hall–Kier alpha value is -2.82. The standard InChI is InChI=1S/C28H41N3O7S/c1-18-5-7-19(8-6-18)24(32)31(22-12-16-39-23(22)25(33)34)20-9-13-30(17-20)26(35)37-21-10-14-29(15-11-21)27(36)38-28(2,3)4/h12,16,18-21H,5-11,13-15,17H2,1-4H3,(H,33,34)/t18?,19?,20-/m0/s1. The molecule has 39 heavy (non-hydrogen) atoms. The van der Waals surface area contributed by atoms with Gasteiger partial charge in [0.1, 0.15) is 16.6 Å². The van der Waals surface area contributed by atoms with Crippen LogP contribution < -0.4 is 4.90 Å². The van der Waals surface area contributed by atoms with Crippen molar-refractivity contribution in [1.29, 1.82) is 0 Å². The number of carboxylic acids is 1. The summed E-state index contributed by atoms with van der Waals surface area (Å²) >= 11 is 1.11. The second kappa shape index (κ2) is 12.1. The van der Waals surface area contributed by atoms with Crippen LogP contribution in [0, 0.1) is 11.8 Å². The lowest BCUT2D eigenvalue weighted by Gasteiger charge is -2.35. The SMILES string of the molecule is CC1CCC(C(=O)N(c2ccsc2C(=O)O)[C@H]2CCN(C(=O)OC3CCN(C(=O)OC(C)(C)C)CC3)C2)CC1. The molecule has 1 aliphatic carbocycles. The highest BCUT2D eigenvalue weighted by molar-refractivity contribution is 7.12. The summed E-state index contributed by atoms with van der Waals surface area (Å²) < 4.78 is 11.2. The van der Waals surface area contributed by atoms with Gasteiger partial charge in [0.05, 0.1) is 11.7 Å². The molecule has 10 nitrogen and oxygen atoms in total. The van der Waals surface area contributed by atoms with Crippen molar-refractivity contribution in [2.45, 2.75) is 90.4 Å². The van der Waals surface area contributed by atoms with E-state index in [4.69, 9.17) is 9.47 Å². The van der Waals surface area contributed by atoms with Gasteiger partial charge < -0.3 is 29.3 Å². The molecule has 2 aliphatic heterocycles. The molecule has 3 amide bonds. The molecule has 1 aromatic heterocycles. The summed E-state index contributed by atoms with van der Waals surface area (Å²) in [5.74, 6) is -0.649. The van der Waals surface area contributed by atoms with E-state index in [-0.39, 0.29) is 34.9 Å². The quantitative estimate of drug-likeness (QED) is 0.522. The fraction of sp³-hybridized carbons (Fsp3) is 0.714. The van der Waals surface area contributed by atoms with Crippen LogP contribution in [0.25, 0.3) is 0 Å². The Morgan fingerprint density at radius 3 is 2.21 bits per heavy atom. The number of anilines is 1. The lowest BCUT2D eigenvalue weighted by Crippen LogP contribution is -2.47. The van der Waals surface area contributed by atoms with Gasteiger partial charge in [0, 0.05) is 44.9 Å². The molecular formula is C28H41N3O7S. The van der Waals surface area contributed by atoms with Crippen LogP contribution in [0.2, 0.25) is 0 Å². The van der Waals surface area contributed by atoms with Crippen LogP contribution in [0.15, 0.2) is 11.4 Å². The van der Waals surface area contributed by atoms with Gasteiger partial charge in [-0.1, -0.05) is 6.92 Å². The zero-order chi connectivity index (χ0) is 28.3. The maximum absolute atomic E-state index is 13.8. The third-order valence-corrected chi connectivity index (χ3v) is 8.74. The number of nitrogens with zero attached hydrogens (tertiary/aromatic N) is 3. The largest absolute Gasteiger partial charge is 0.477 e. The Morgan fingerprint density at radius 1 is 0.949 bits per heavy atom. The molecule has 3 heterocycles. The second-order valence-electron chi connectivity index (χ2n) is 12.0. The van der Waals surface area contributed by atoms with Gasteiger partial charge in [-0.3, -0.25) is 4.79 Å². The van der Waals surface area contributed by atoms with Crippen molar-refractivity contribution in [3.8, 4) is 0 Å². The number of thiophene rings is 1. The molecule has 0 bridgehead atoms. The predicted octanol–water partition coefficient (Wildman–Crippen LogP) is 5.22. The van der Waals surface area contributed by atoms with Gasteiger partial charge in [-0.2, -0.15) is 0 Å². The van der Waals surface area contributed by atoms with Crippen LogP contribution in [0.1, 0.15) is 82.3 Å². The summed E-state index contributed by atoms with van der Waals surface area (Å²) in [6.45, 7) is 9.30. The highest BCUT2D eigenvalue weighted by Crippen LogP contribution is 2.36. The average Bonchev–Trinajstić information content (AvgIpc) is 3.55. The van der Waals surface area contributed by atoms with Gasteiger partial charge in [-0.15, -0.1) is 11.3 Å². The molecular weight excluding hydrogens is 522 g/mol. The summed E-state index contributed by atoms with van der Waals surface area (Å²) in [5.41, 5.74) is -0.142. The zero-order valence-corrected chi connectivity index (χ0v) is 24.2. The van der Waals surface area contributed by atoms with Gasteiger partial charge in [0.25, 0.3) is 0 Å². The number of carbonyl (C=O) groups excluding carboxylic acids is 3. The van der Waals surface area contributed by atoms with E-state index in [1.807, 2.05) is 20.8 Å². The molecule has 0 radical (unpaired) electrons. The smallest absolute Gasteiger partial charge is 0.410 e. The van der Waals surface area contributed by atoms with Crippen LogP contribution in [0.5, 0.6) is 0 Å². The Labute approximate surface area is 234 Å². The van der Waals surface area contributed by atoms with Gasteiger partial charge >= 0.3 is 18.2 Å². The molecule has 3 aliphatic rings. The van der Waals surface area contributed by atoms with E-state index in [1.165, 1.54) is 0 Å². The number of rotatable bonds is 5. The Bertz CT molecular complexity index is 1050. The fourth-order valence-electron chi connectivity index (χ4n) is 5.67. The van der Waals surface area contributed by atoms with Crippen molar-refractivity contribution in [2.75, 3.05) is 31.1 Å². The zero-order valence-electron chi connectivity index (χ0n) is 23.4. The normalized spacial score (nSPS) is 24.4. The van der Waals surface area contributed by atoms with Crippen molar-refractivity contribution in [1.82, 2.24) is 9.80 Å². The molecule has 0 aromatic carbocycles. The Kier molecular flexibility index (Phi) is 9.08. The molecule has 216 valence electrons. The first-order chi connectivity index (χ1) is 18.4. The summed E-state index contributed by atoms with van der Waals surface area (Å²) in [4.78, 5) is 56.1. The van der Waals surface area contributed by atoms with Crippen molar-refractivity contribution in [3.05, 3.63) is 16.3 Å². The first-order valence-electron chi connectivity index (χ1n) is 14.0. The summed E-state index contributed by atoms with van der Waals surface area (Å²) in [6.07, 6.45) is 4.08. The van der Waals surface area contributed by atoms with Gasteiger partial charge in [-0.05, 0) is 70.2 Å². The van der Waals surface area contributed by atoms with Crippen LogP contribution in [0.4, 0.5) is 15.3 Å². The first-order valence-corrected chi connectivity index (χ1v) is 14.9. The van der Waals surface area contributed by atoms with Crippen molar-refractivity contribution >= 4 is 41.1 Å². The van der Waals surface area contributed by atoms with Gasteiger partial charge in [-0.25, -0.2) is 14.4 Å². The van der Waals surface area contributed by atoms with E-state index in [0.717, 1.165) is 37.0 Å². The van der Waals surface area contributed by atoms with Crippen LogP contribution in [-0.4, -0.2) is 82.9 Å². The van der Waals surface area contributed by atoms with Crippen LogP contribution in [-0.2, 0) is 14.3 Å². The lowest BCUT2D eigenvalue weighted by molar-refractivity contribution is -0.124. The molecule has 0 unspecified atom stereocenters. The number of amides is 3. The van der Waals surface area contributed by atoms with Crippen LogP contribution >= 0.6 is 11.3 Å². The molecule has 1 aromatic rings. The molecule has 4 rings (SSSR count). The summed E-state index contributed by atoms with van der Waals surface area (Å²) in [7, 11) is 0. The highest BCUT2D eigenvalue weighted by Gasteiger charge is 2.40. The minimum absolute atomic E-state index is 0.0440. The first kappa shape index (κ1) is 29.2. The number of carboxylic acid groups (broad SMARTS) is 1. The molecule has 0 spiro atoms. The predicted molar refractivity (Wildman–Crippen MR) is 147 cm³/mol. The number of piperidine rings is 1. The average molecular weight is 564 g/mol. The Balaban J connectivity index is 1.37. The number of likely N-dealkylation sites (tertiary alicyclic amines) is 2. The molecule has 1 saturated carbocycles. The number of hydrogen-bond acceptors (Lipinski definition) is 7. The fourth-order valence-corrected chi connectivity index (χ4v) is 6.39. The van der Waals surface area contributed by atoms with E-state index < -0.39 is 17.7 Å². The van der Waals surface area contributed by atoms with E-state index in [2.05, 4.69) is 6.92 Å². The van der Waals surface area contributed by atoms with Gasteiger partial charge in [0.15, 0.2) is 0 Å². The number of aromatic carboxylic acids is 1. The molecule has 11 heteroatoms. The van der Waals surface area contributed by atoms with Gasteiger partial charge in [0.2, 0.25) is 5.91 Å².